The van der Waals surface area contributed by atoms with Gasteiger partial charge >= 0.3 is 0 Å². The minimum Gasteiger partial charge on any atom is -0.352 e. The van der Waals surface area contributed by atoms with E-state index in [0.29, 0.717) is 6.42 Å². The van der Waals surface area contributed by atoms with Crippen LogP contribution in [0.5, 0.6) is 0 Å². The van der Waals surface area contributed by atoms with Crippen molar-refractivity contribution in [2.24, 2.45) is 0 Å². The summed E-state index contributed by atoms with van der Waals surface area (Å²) < 4.78 is 40.5. The molecule has 0 radical (unpaired) electrons. The number of nitrogens with one attached hydrogen (secondary N) is 1. The minimum atomic E-state index is -3.98. The van der Waals surface area contributed by atoms with Gasteiger partial charge in [0.25, 0.3) is 0 Å². The SMILES string of the molecule is CC[C@@H](C(=O)NC1CCCCC1)N(Cc1ccccc1C)C(=O)CN(c1ccccc1F)S(C)(=O)=O. The summed E-state index contributed by atoms with van der Waals surface area (Å²) in [6.45, 7) is 3.27. The fraction of sp³-hybridized carbons (Fsp3) is 0.481. The van der Waals surface area contributed by atoms with Crippen molar-refractivity contribution in [3.63, 3.8) is 0 Å². The molecule has 3 rings (SSSR count). The van der Waals surface area contributed by atoms with Gasteiger partial charge < -0.3 is 10.2 Å². The van der Waals surface area contributed by atoms with Gasteiger partial charge in [0, 0.05) is 12.6 Å². The Labute approximate surface area is 213 Å². The fourth-order valence-electron chi connectivity index (χ4n) is 4.68. The van der Waals surface area contributed by atoms with E-state index in [-0.39, 0.29) is 24.2 Å². The van der Waals surface area contributed by atoms with Crippen molar-refractivity contribution >= 4 is 27.5 Å². The maximum absolute atomic E-state index is 14.5. The molecular weight excluding hydrogens is 481 g/mol. The van der Waals surface area contributed by atoms with Gasteiger partial charge in [-0.25, -0.2) is 12.8 Å². The second-order valence-corrected chi connectivity index (χ2v) is 11.3. The van der Waals surface area contributed by atoms with Crippen molar-refractivity contribution in [2.75, 3.05) is 17.1 Å². The van der Waals surface area contributed by atoms with Crippen LogP contribution in [0.1, 0.15) is 56.6 Å². The van der Waals surface area contributed by atoms with Crippen molar-refractivity contribution in [1.29, 1.82) is 0 Å². The van der Waals surface area contributed by atoms with Crippen molar-refractivity contribution in [2.45, 2.75) is 71.0 Å². The van der Waals surface area contributed by atoms with Gasteiger partial charge in [0.2, 0.25) is 21.8 Å². The molecule has 7 nitrogen and oxygen atoms in total. The Morgan fingerprint density at radius 2 is 1.69 bits per heavy atom. The van der Waals surface area contributed by atoms with Gasteiger partial charge in [0.15, 0.2) is 0 Å². The molecule has 0 aromatic heterocycles. The molecule has 1 atom stereocenters. The third kappa shape index (κ3) is 7.06. The zero-order chi connectivity index (χ0) is 26.3. The summed E-state index contributed by atoms with van der Waals surface area (Å²) in [5.74, 6) is -1.57. The largest absolute Gasteiger partial charge is 0.352 e. The van der Waals surface area contributed by atoms with E-state index in [4.69, 9.17) is 0 Å². The summed E-state index contributed by atoms with van der Waals surface area (Å²) in [5.41, 5.74) is 1.60. The molecule has 2 aromatic carbocycles. The highest BCUT2D eigenvalue weighted by Gasteiger charge is 2.33. The molecule has 36 heavy (non-hydrogen) atoms. The second kappa shape index (κ2) is 12.3. The predicted molar refractivity (Wildman–Crippen MR) is 139 cm³/mol. The molecule has 0 spiro atoms. The zero-order valence-corrected chi connectivity index (χ0v) is 22.1. The first-order valence-corrected chi connectivity index (χ1v) is 14.3. The lowest BCUT2D eigenvalue weighted by molar-refractivity contribution is -0.140. The van der Waals surface area contributed by atoms with Gasteiger partial charge in [-0.1, -0.05) is 62.6 Å². The zero-order valence-electron chi connectivity index (χ0n) is 21.2. The summed E-state index contributed by atoms with van der Waals surface area (Å²) in [6.07, 6.45) is 6.37. The monoisotopic (exact) mass is 517 g/mol. The third-order valence-electron chi connectivity index (χ3n) is 6.74. The van der Waals surface area contributed by atoms with Crippen LogP contribution >= 0.6 is 0 Å². The van der Waals surface area contributed by atoms with Crippen LogP contribution in [0.3, 0.4) is 0 Å². The lowest BCUT2D eigenvalue weighted by atomic mass is 9.95. The van der Waals surface area contributed by atoms with Crippen LogP contribution < -0.4 is 9.62 Å². The molecular formula is C27H36FN3O4S. The molecule has 2 amide bonds. The van der Waals surface area contributed by atoms with Gasteiger partial charge in [-0.2, -0.15) is 0 Å². The van der Waals surface area contributed by atoms with E-state index < -0.39 is 34.3 Å². The summed E-state index contributed by atoms with van der Waals surface area (Å²) in [5, 5.41) is 3.11. The number of carbonyl (C=O) groups is 2. The lowest BCUT2D eigenvalue weighted by Gasteiger charge is -2.34. The Morgan fingerprint density at radius 3 is 2.31 bits per heavy atom. The number of anilines is 1. The third-order valence-corrected chi connectivity index (χ3v) is 7.87. The highest BCUT2D eigenvalue weighted by Crippen LogP contribution is 2.23. The smallest absolute Gasteiger partial charge is 0.244 e. The molecule has 1 aliphatic rings. The van der Waals surface area contributed by atoms with Gasteiger partial charge in [-0.3, -0.25) is 13.9 Å². The first-order valence-electron chi connectivity index (χ1n) is 12.5. The summed E-state index contributed by atoms with van der Waals surface area (Å²) in [7, 11) is -3.98. The number of hydrogen-bond acceptors (Lipinski definition) is 4. The fourth-order valence-corrected chi connectivity index (χ4v) is 5.53. The van der Waals surface area contributed by atoms with Crippen LogP contribution in [0.25, 0.3) is 0 Å². The quantitative estimate of drug-likeness (QED) is 0.513. The number of nitrogens with zero attached hydrogens (tertiary/aromatic N) is 2. The van der Waals surface area contributed by atoms with Gasteiger partial charge in [0.05, 0.1) is 11.9 Å². The molecule has 1 N–H and O–H groups in total. The topological polar surface area (TPSA) is 86.8 Å². The van der Waals surface area contributed by atoms with E-state index in [9.17, 15) is 22.4 Å². The van der Waals surface area contributed by atoms with Crippen LogP contribution in [-0.2, 0) is 26.2 Å². The molecule has 2 aromatic rings. The van der Waals surface area contributed by atoms with Gasteiger partial charge in [0.1, 0.15) is 18.4 Å². The Hall–Kier alpha value is -2.94. The number of rotatable bonds is 10. The van der Waals surface area contributed by atoms with Gasteiger partial charge in [-0.15, -0.1) is 0 Å². The van der Waals surface area contributed by atoms with E-state index in [1.807, 2.05) is 38.1 Å². The molecule has 1 aliphatic carbocycles. The Balaban J connectivity index is 1.93. The number of amides is 2. The van der Waals surface area contributed by atoms with Crippen LogP contribution in [0.4, 0.5) is 10.1 Å². The average Bonchev–Trinajstić information content (AvgIpc) is 2.84. The standard InChI is InChI=1S/C27H36FN3O4S/c1-4-24(27(33)29-22-14-6-5-7-15-22)30(18-21-13-9-8-12-20(21)2)26(32)19-31(36(3,34)35)25-17-11-10-16-23(25)28/h8-13,16-17,22,24H,4-7,14-15,18-19H2,1-3H3,(H,29,33)/t24-/m0/s1. The van der Waals surface area contributed by atoms with Crippen LogP contribution in [0.2, 0.25) is 0 Å². The Morgan fingerprint density at radius 1 is 1.06 bits per heavy atom. The summed E-state index contributed by atoms with van der Waals surface area (Å²) in [4.78, 5) is 28.5. The molecule has 0 aliphatic heterocycles. The summed E-state index contributed by atoms with van der Waals surface area (Å²) in [6, 6.07) is 12.3. The second-order valence-electron chi connectivity index (χ2n) is 9.44. The molecule has 9 heteroatoms. The van der Waals surface area contributed by atoms with Crippen LogP contribution in [0, 0.1) is 12.7 Å². The maximum atomic E-state index is 14.5. The number of carbonyl (C=O) groups excluding carboxylic acids is 2. The van der Waals surface area contributed by atoms with Crippen molar-refractivity contribution in [3.05, 3.63) is 65.5 Å². The van der Waals surface area contributed by atoms with E-state index in [0.717, 1.165) is 59.9 Å². The number of para-hydroxylation sites is 1. The van der Waals surface area contributed by atoms with Crippen LogP contribution in [-0.4, -0.2) is 50.0 Å². The van der Waals surface area contributed by atoms with E-state index in [1.165, 1.54) is 23.1 Å². The number of aryl methyl sites for hydroxylation is 1. The molecule has 0 unspecified atom stereocenters. The van der Waals surface area contributed by atoms with E-state index in [1.54, 1.807) is 0 Å². The van der Waals surface area contributed by atoms with E-state index in [2.05, 4.69) is 5.32 Å². The summed E-state index contributed by atoms with van der Waals surface area (Å²) >= 11 is 0. The number of hydrogen-bond donors (Lipinski definition) is 1. The molecule has 1 saturated carbocycles. The van der Waals surface area contributed by atoms with Gasteiger partial charge in [-0.05, 0) is 49.4 Å². The molecule has 1 fully saturated rings. The molecule has 0 heterocycles. The molecule has 196 valence electrons. The van der Waals surface area contributed by atoms with Crippen LogP contribution in [0.15, 0.2) is 48.5 Å². The predicted octanol–water partition coefficient (Wildman–Crippen LogP) is 4.16. The number of sulfonamides is 1. The lowest BCUT2D eigenvalue weighted by Crippen LogP contribution is -2.54. The normalized spacial score (nSPS) is 15.2. The first kappa shape index (κ1) is 27.6. The van der Waals surface area contributed by atoms with E-state index >= 15 is 0 Å². The first-order chi connectivity index (χ1) is 17.1. The van der Waals surface area contributed by atoms with Crippen molar-refractivity contribution < 1.29 is 22.4 Å². The highest BCUT2D eigenvalue weighted by atomic mass is 32.2. The van der Waals surface area contributed by atoms with Crippen molar-refractivity contribution in [1.82, 2.24) is 10.2 Å². The molecule has 0 saturated heterocycles. The van der Waals surface area contributed by atoms with Crippen molar-refractivity contribution in [3.8, 4) is 0 Å². The maximum Gasteiger partial charge on any atom is 0.244 e. The number of benzene rings is 2. The Bertz CT molecular complexity index is 1170. The molecule has 0 bridgehead atoms. The minimum absolute atomic E-state index is 0.0710. The average molecular weight is 518 g/mol. The highest BCUT2D eigenvalue weighted by molar-refractivity contribution is 7.92. The Kier molecular flexibility index (Phi) is 9.48. The number of halogens is 1.